The fourth-order valence-electron chi connectivity index (χ4n) is 3.63. The van der Waals surface area contributed by atoms with E-state index in [-0.39, 0.29) is 21.3 Å². The average molecular weight is 501 g/mol. The Morgan fingerprint density at radius 1 is 1.00 bits per heavy atom. The summed E-state index contributed by atoms with van der Waals surface area (Å²) in [6.07, 6.45) is 1.99. The molecule has 0 saturated heterocycles. The molecular formula is C26H20N4O5S. The summed E-state index contributed by atoms with van der Waals surface area (Å²) in [4.78, 5) is 43.3. The number of thioether (sulfide) groups is 1. The van der Waals surface area contributed by atoms with Crippen LogP contribution in [0.4, 0.5) is 5.69 Å². The number of anilines is 1. The molecule has 0 aliphatic carbocycles. The standard InChI is InChI=1S/C26H20N4O5S/c1-29(2)18-9-8-16-10-17(25(33)35-21(16)13-18)11-19(14-31)36-26-27-24(32)23(28-30(26)3)22-12-15-6-4-5-7-20(15)34-22/h4-14H,1-3H3/b19-11-. The minimum atomic E-state index is -0.596. The van der Waals surface area contributed by atoms with Gasteiger partial charge in [0.25, 0.3) is 0 Å². The molecule has 0 spiro atoms. The van der Waals surface area contributed by atoms with E-state index in [1.165, 1.54) is 10.8 Å². The van der Waals surface area contributed by atoms with E-state index in [2.05, 4.69) is 10.1 Å². The second-order valence-corrected chi connectivity index (χ2v) is 9.23. The number of allylic oxidation sites excluding steroid dienone is 1. The Bertz CT molecular complexity index is 1750. The summed E-state index contributed by atoms with van der Waals surface area (Å²) in [5.74, 6) is 0.304. The van der Waals surface area contributed by atoms with E-state index in [9.17, 15) is 14.4 Å². The van der Waals surface area contributed by atoms with Crippen molar-refractivity contribution < 1.29 is 13.6 Å². The van der Waals surface area contributed by atoms with E-state index < -0.39 is 11.2 Å². The van der Waals surface area contributed by atoms with Crippen LogP contribution in [0, 0.1) is 0 Å². The normalized spacial score (nSPS) is 11.8. The molecule has 0 aliphatic rings. The number of para-hydroxylation sites is 1. The number of benzene rings is 2. The van der Waals surface area contributed by atoms with Crippen LogP contribution in [-0.2, 0) is 11.8 Å². The third-order valence-corrected chi connectivity index (χ3v) is 6.46. The molecule has 0 fully saturated rings. The van der Waals surface area contributed by atoms with Crippen molar-refractivity contribution in [1.82, 2.24) is 14.8 Å². The summed E-state index contributed by atoms with van der Waals surface area (Å²) in [5, 5.41) is 6.05. The zero-order chi connectivity index (χ0) is 25.4. The lowest BCUT2D eigenvalue weighted by Gasteiger charge is -2.12. The van der Waals surface area contributed by atoms with Gasteiger partial charge in [0.05, 0.1) is 10.5 Å². The van der Waals surface area contributed by atoms with Crippen molar-refractivity contribution in [2.24, 2.45) is 7.05 Å². The van der Waals surface area contributed by atoms with Crippen molar-refractivity contribution in [3.8, 4) is 11.5 Å². The first kappa shape index (κ1) is 23.3. The molecule has 5 rings (SSSR count). The molecule has 0 radical (unpaired) electrons. The molecule has 3 heterocycles. The molecule has 0 amide bonds. The molecule has 0 N–H and O–H groups in total. The minimum absolute atomic E-state index is 0.0574. The summed E-state index contributed by atoms with van der Waals surface area (Å²) in [6, 6.07) is 16.3. The lowest BCUT2D eigenvalue weighted by molar-refractivity contribution is -0.104. The van der Waals surface area contributed by atoms with Gasteiger partial charge >= 0.3 is 11.2 Å². The number of hydrogen-bond donors (Lipinski definition) is 0. The molecule has 0 atom stereocenters. The number of carbonyl (C=O) groups excluding carboxylic acids is 1. The van der Waals surface area contributed by atoms with Crippen LogP contribution in [0.5, 0.6) is 0 Å². The molecule has 10 heteroatoms. The molecule has 0 aliphatic heterocycles. The highest BCUT2D eigenvalue weighted by Gasteiger charge is 2.16. The Morgan fingerprint density at radius 2 is 1.78 bits per heavy atom. The van der Waals surface area contributed by atoms with E-state index in [0.29, 0.717) is 28.6 Å². The van der Waals surface area contributed by atoms with Crippen molar-refractivity contribution in [2.75, 3.05) is 19.0 Å². The maximum atomic E-state index is 12.7. The highest BCUT2D eigenvalue weighted by atomic mass is 32.2. The summed E-state index contributed by atoms with van der Waals surface area (Å²) >= 11 is 0.918. The summed E-state index contributed by atoms with van der Waals surface area (Å²) in [6.45, 7) is 0. The summed E-state index contributed by atoms with van der Waals surface area (Å²) in [5.41, 5.74) is 1.05. The molecule has 9 nitrogen and oxygen atoms in total. The fourth-order valence-corrected chi connectivity index (χ4v) is 4.38. The topological polar surface area (TPSA) is 111 Å². The largest absolute Gasteiger partial charge is 0.454 e. The molecule has 0 bridgehead atoms. The van der Waals surface area contributed by atoms with Crippen LogP contribution < -0.4 is 16.1 Å². The van der Waals surface area contributed by atoms with Gasteiger partial charge in [-0.1, -0.05) is 18.2 Å². The number of rotatable bonds is 6. The first-order chi connectivity index (χ1) is 17.3. The molecule has 5 aromatic rings. The van der Waals surface area contributed by atoms with E-state index in [1.807, 2.05) is 49.3 Å². The van der Waals surface area contributed by atoms with Crippen molar-refractivity contribution in [1.29, 1.82) is 0 Å². The van der Waals surface area contributed by atoms with Gasteiger partial charge in [-0.05, 0) is 48.2 Å². The minimum Gasteiger partial charge on any atom is -0.454 e. The van der Waals surface area contributed by atoms with Gasteiger partial charge in [0.2, 0.25) is 0 Å². The summed E-state index contributed by atoms with van der Waals surface area (Å²) < 4.78 is 12.6. The van der Waals surface area contributed by atoms with Gasteiger partial charge < -0.3 is 13.7 Å². The molecular weight excluding hydrogens is 480 g/mol. The van der Waals surface area contributed by atoms with Gasteiger partial charge in [-0.15, -0.1) is 0 Å². The Labute approximate surface area is 208 Å². The number of aryl methyl sites for hydroxylation is 1. The highest BCUT2D eigenvalue weighted by Crippen LogP contribution is 2.27. The van der Waals surface area contributed by atoms with Crippen LogP contribution in [-0.4, -0.2) is 35.1 Å². The maximum absolute atomic E-state index is 12.7. The van der Waals surface area contributed by atoms with Crippen LogP contribution in [0.2, 0.25) is 0 Å². The van der Waals surface area contributed by atoms with Crippen LogP contribution in [0.15, 0.2) is 83.1 Å². The van der Waals surface area contributed by atoms with Crippen LogP contribution in [0.3, 0.4) is 0 Å². The van der Waals surface area contributed by atoms with Crippen LogP contribution in [0.1, 0.15) is 5.56 Å². The quantitative estimate of drug-likeness (QED) is 0.147. The predicted molar refractivity (Wildman–Crippen MR) is 139 cm³/mol. The molecule has 3 aromatic heterocycles. The number of hydrogen-bond acceptors (Lipinski definition) is 9. The van der Waals surface area contributed by atoms with Crippen LogP contribution in [0.25, 0.3) is 39.5 Å². The van der Waals surface area contributed by atoms with Gasteiger partial charge in [-0.3, -0.25) is 9.59 Å². The second-order valence-electron chi connectivity index (χ2n) is 8.19. The molecule has 180 valence electrons. The van der Waals surface area contributed by atoms with E-state index in [1.54, 1.807) is 31.3 Å². The second kappa shape index (κ2) is 9.31. The molecule has 0 unspecified atom stereocenters. The molecule has 36 heavy (non-hydrogen) atoms. The fraction of sp³-hybridized carbons (Fsp3) is 0.115. The van der Waals surface area contributed by atoms with Crippen molar-refractivity contribution in [3.63, 3.8) is 0 Å². The van der Waals surface area contributed by atoms with Gasteiger partial charge in [-0.2, -0.15) is 10.1 Å². The van der Waals surface area contributed by atoms with Crippen molar-refractivity contribution in [2.45, 2.75) is 5.16 Å². The third-order valence-electron chi connectivity index (χ3n) is 5.47. The third kappa shape index (κ3) is 4.46. The zero-order valence-electron chi connectivity index (χ0n) is 19.6. The Balaban J connectivity index is 1.47. The van der Waals surface area contributed by atoms with E-state index in [4.69, 9.17) is 8.83 Å². The monoisotopic (exact) mass is 500 g/mol. The maximum Gasteiger partial charge on any atom is 0.343 e. The SMILES string of the molecule is CN(C)c1ccc2cc(/C=C(/C=O)Sc3nc(=O)c(-c4cc5ccccc5o4)nn3C)c(=O)oc2c1. The number of nitrogens with zero attached hydrogens (tertiary/aromatic N) is 4. The van der Waals surface area contributed by atoms with Crippen molar-refractivity contribution in [3.05, 3.63) is 85.8 Å². The first-order valence-corrected chi connectivity index (χ1v) is 11.7. The molecule has 2 aromatic carbocycles. The van der Waals surface area contributed by atoms with Crippen molar-refractivity contribution >= 4 is 51.7 Å². The van der Waals surface area contributed by atoms with E-state index >= 15 is 0 Å². The predicted octanol–water partition coefficient (Wildman–Crippen LogP) is 4.09. The molecule has 0 saturated carbocycles. The van der Waals surface area contributed by atoms with E-state index in [0.717, 1.165) is 22.8 Å². The Morgan fingerprint density at radius 3 is 2.53 bits per heavy atom. The Kier molecular flexibility index (Phi) is 6.03. The van der Waals surface area contributed by atoms with Gasteiger partial charge in [0, 0.05) is 43.7 Å². The first-order valence-electron chi connectivity index (χ1n) is 10.9. The smallest absolute Gasteiger partial charge is 0.343 e. The average Bonchev–Trinajstić information content (AvgIpc) is 3.29. The number of aldehydes is 1. The number of furan rings is 1. The lowest BCUT2D eigenvalue weighted by atomic mass is 10.1. The summed E-state index contributed by atoms with van der Waals surface area (Å²) in [7, 11) is 5.39. The number of carbonyl (C=O) groups is 1. The van der Waals surface area contributed by atoms with Crippen LogP contribution >= 0.6 is 11.8 Å². The van der Waals surface area contributed by atoms with Gasteiger partial charge in [0.15, 0.2) is 22.9 Å². The lowest BCUT2D eigenvalue weighted by Crippen LogP contribution is -2.18. The number of aromatic nitrogens is 3. The van der Waals surface area contributed by atoms with Gasteiger partial charge in [-0.25, -0.2) is 9.48 Å². The highest BCUT2D eigenvalue weighted by molar-refractivity contribution is 8.03. The zero-order valence-corrected chi connectivity index (χ0v) is 20.4. The van der Waals surface area contributed by atoms with Gasteiger partial charge in [0.1, 0.15) is 11.2 Å². The number of fused-ring (bicyclic) bond motifs is 2. The Hall–Kier alpha value is -4.44.